The summed E-state index contributed by atoms with van der Waals surface area (Å²) in [6.45, 7) is 0. The lowest BCUT2D eigenvalue weighted by molar-refractivity contribution is -0.117. The summed E-state index contributed by atoms with van der Waals surface area (Å²) in [4.78, 5) is 30.8. The molecule has 0 spiro atoms. The molecule has 3 N–H and O–H groups in total. The minimum atomic E-state index is -0.744. The number of thioether (sulfide) groups is 1. The van der Waals surface area contributed by atoms with Crippen molar-refractivity contribution in [1.82, 2.24) is 19.7 Å². The number of nitrogens with zero attached hydrogens (tertiary/aromatic N) is 4. The smallest absolute Gasteiger partial charge is 0.262 e. The average molecular weight is 340 g/mol. The van der Waals surface area contributed by atoms with Gasteiger partial charge in [0.05, 0.1) is 17.8 Å². The average Bonchev–Trinajstić information content (AvgIpc) is 2.94. The van der Waals surface area contributed by atoms with Gasteiger partial charge in [0.15, 0.2) is 10.8 Å². The highest BCUT2D eigenvalue weighted by Gasteiger charge is 2.21. The Morgan fingerprint density at radius 3 is 2.75 bits per heavy atom. The van der Waals surface area contributed by atoms with Gasteiger partial charge in [0.2, 0.25) is 5.91 Å². The van der Waals surface area contributed by atoms with E-state index in [1.165, 1.54) is 10.9 Å². The van der Waals surface area contributed by atoms with Gasteiger partial charge in [-0.2, -0.15) is 10.4 Å². The quantitative estimate of drug-likeness (QED) is 0.535. The van der Waals surface area contributed by atoms with Crippen LogP contribution in [0.1, 0.15) is 16.4 Å². The molecule has 0 bridgehead atoms. The zero-order valence-electron chi connectivity index (χ0n) is 12.6. The van der Waals surface area contributed by atoms with Crippen LogP contribution in [0, 0.1) is 11.3 Å². The number of carbonyl (C=O) groups excluding carboxylic acids is 1. The summed E-state index contributed by atoms with van der Waals surface area (Å²) in [5.41, 5.74) is 6.68. The monoisotopic (exact) mass is 340 g/mol. The van der Waals surface area contributed by atoms with E-state index in [1.54, 1.807) is 31.3 Å². The van der Waals surface area contributed by atoms with E-state index in [-0.39, 0.29) is 10.7 Å². The number of rotatable bonds is 4. The number of hydrogen-bond donors (Lipinski definition) is 2. The van der Waals surface area contributed by atoms with Crippen LogP contribution in [-0.4, -0.2) is 25.7 Å². The SMILES string of the molecule is Cn1ncc2c(=O)[nH]c(SC(C(N)=O)c3ccc(C#N)cc3)nc21. The third-order valence-corrected chi connectivity index (χ3v) is 4.57. The van der Waals surface area contributed by atoms with Gasteiger partial charge >= 0.3 is 0 Å². The van der Waals surface area contributed by atoms with Crippen LogP contribution in [0.5, 0.6) is 0 Å². The van der Waals surface area contributed by atoms with Crippen molar-refractivity contribution in [3.8, 4) is 6.07 Å². The molecule has 120 valence electrons. The van der Waals surface area contributed by atoms with Crippen molar-refractivity contribution >= 4 is 28.7 Å². The van der Waals surface area contributed by atoms with Crippen LogP contribution in [0.3, 0.4) is 0 Å². The van der Waals surface area contributed by atoms with Crippen LogP contribution in [0.15, 0.2) is 40.4 Å². The number of hydrogen-bond acceptors (Lipinski definition) is 6. The minimum Gasteiger partial charge on any atom is -0.368 e. The van der Waals surface area contributed by atoms with Crippen LogP contribution in [0.25, 0.3) is 11.0 Å². The molecule has 3 rings (SSSR count). The molecular weight excluding hydrogens is 328 g/mol. The summed E-state index contributed by atoms with van der Waals surface area (Å²) < 4.78 is 1.48. The normalized spacial score (nSPS) is 12.0. The topological polar surface area (TPSA) is 130 Å². The molecule has 1 amide bonds. The molecule has 0 aliphatic heterocycles. The number of nitriles is 1. The predicted octanol–water partition coefficient (Wildman–Crippen LogP) is 0.847. The zero-order valence-corrected chi connectivity index (χ0v) is 13.4. The molecule has 0 aliphatic carbocycles. The molecule has 1 aromatic carbocycles. The summed E-state index contributed by atoms with van der Waals surface area (Å²) >= 11 is 1.04. The maximum absolute atomic E-state index is 12.1. The highest BCUT2D eigenvalue weighted by Crippen LogP contribution is 2.33. The highest BCUT2D eigenvalue weighted by molar-refractivity contribution is 8.00. The second-order valence-corrected chi connectivity index (χ2v) is 6.10. The fraction of sp³-hybridized carbons (Fsp3) is 0.133. The molecule has 1 atom stereocenters. The van der Waals surface area contributed by atoms with Gasteiger partial charge in [0.1, 0.15) is 10.6 Å². The number of aromatic nitrogens is 4. The van der Waals surface area contributed by atoms with Gasteiger partial charge in [0, 0.05) is 7.05 Å². The molecule has 0 saturated carbocycles. The van der Waals surface area contributed by atoms with Crippen molar-refractivity contribution in [3.05, 3.63) is 51.9 Å². The van der Waals surface area contributed by atoms with Gasteiger partial charge in [-0.1, -0.05) is 23.9 Å². The van der Waals surface area contributed by atoms with Gasteiger partial charge in [-0.15, -0.1) is 0 Å². The molecule has 8 nitrogen and oxygen atoms in total. The van der Waals surface area contributed by atoms with Crippen molar-refractivity contribution in [3.63, 3.8) is 0 Å². The second kappa shape index (κ2) is 6.17. The van der Waals surface area contributed by atoms with E-state index in [0.29, 0.717) is 22.2 Å². The molecule has 24 heavy (non-hydrogen) atoms. The second-order valence-electron chi connectivity index (χ2n) is 5.01. The van der Waals surface area contributed by atoms with Crippen LogP contribution in [-0.2, 0) is 11.8 Å². The first-order chi connectivity index (χ1) is 11.5. The van der Waals surface area contributed by atoms with E-state index in [1.807, 2.05) is 6.07 Å². The lowest BCUT2D eigenvalue weighted by Crippen LogP contribution is -2.20. The van der Waals surface area contributed by atoms with Crippen LogP contribution >= 0.6 is 11.8 Å². The lowest BCUT2D eigenvalue weighted by atomic mass is 10.1. The fourth-order valence-corrected chi connectivity index (χ4v) is 3.13. The van der Waals surface area contributed by atoms with Gasteiger partial charge in [-0.3, -0.25) is 14.3 Å². The van der Waals surface area contributed by atoms with E-state index in [0.717, 1.165) is 11.8 Å². The zero-order chi connectivity index (χ0) is 17.3. The number of H-pyrrole nitrogens is 1. The maximum Gasteiger partial charge on any atom is 0.262 e. The Kier molecular flexibility index (Phi) is 4.05. The maximum atomic E-state index is 12.1. The summed E-state index contributed by atoms with van der Waals surface area (Å²) in [6, 6.07) is 8.53. The minimum absolute atomic E-state index is 0.268. The molecule has 3 aromatic rings. The Bertz CT molecular complexity index is 1020. The molecule has 0 aliphatic rings. The van der Waals surface area contributed by atoms with Crippen LogP contribution in [0.4, 0.5) is 0 Å². The van der Waals surface area contributed by atoms with Crippen molar-refractivity contribution in [1.29, 1.82) is 5.26 Å². The van der Waals surface area contributed by atoms with E-state index < -0.39 is 11.2 Å². The Balaban J connectivity index is 1.99. The number of nitrogens with one attached hydrogen (secondary N) is 1. The standard InChI is InChI=1S/C15H12N6O2S/c1-21-13-10(7-18-21)14(23)20-15(19-13)24-11(12(17)22)9-4-2-8(6-16)3-5-9/h2-5,7,11H,1H3,(H2,17,22)(H,19,20,23). The predicted molar refractivity (Wildman–Crippen MR) is 88.1 cm³/mol. The van der Waals surface area contributed by atoms with E-state index in [4.69, 9.17) is 11.0 Å². The van der Waals surface area contributed by atoms with E-state index >= 15 is 0 Å². The van der Waals surface area contributed by atoms with Crippen molar-refractivity contribution < 1.29 is 4.79 Å². The Morgan fingerprint density at radius 2 is 2.12 bits per heavy atom. The molecule has 2 heterocycles. The molecular formula is C15H12N6O2S. The Labute approximate surface area is 140 Å². The number of fused-ring (bicyclic) bond motifs is 1. The van der Waals surface area contributed by atoms with Gasteiger partial charge in [-0.25, -0.2) is 4.98 Å². The van der Waals surface area contributed by atoms with E-state index in [9.17, 15) is 9.59 Å². The van der Waals surface area contributed by atoms with E-state index in [2.05, 4.69) is 15.1 Å². The lowest BCUT2D eigenvalue weighted by Gasteiger charge is -2.12. The summed E-state index contributed by atoms with van der Waals surface area (Å²) in [5.74, 6) is -0.572. The number of aryl methyl sites for hydroxylation is 1. The Morgan fingerprint density at radius 1 is 1.42 bits per heavy atom. The summed E-state index contributed by atoms with van der Waals surface area (Å²) in [7, 11) is 1.68. The number of amides is 1. The molecule has 0 fully saturated rings. The Hall–Kier alpha value is -3.12. The first-order valence-electron chi connectivity index (χ1n) is 6.87. The number of aromatic amines is 1. The number of primary amides is 1. The van der Waals surface area contributed by atoms with Gasteiger partial charge in [0.25, 0.3) is 5.56 Å². The first kappa shape index (κ1) is 15.8. The first-order valence-corrected chi connectivity index (χ1v) is 7.75. The summed E-state index contributed by atoms with van der Waals surface area (Å²) in [6.07, 6.45) is 1.43. The highest BCUT2D eigenvalue weighted by atomic mass is 32.2. The molecule has 9 heteroatoms. The number of carbonyl (C=O) groups is 1. The summed E-state index contributed by atoms with van der Waals surface area (Å²) in [5, 5.41) is 12.7. The van der Waals surface area contributed by atoms with Crippen LogP contribution < -0.4 is 11.3 Å². The number of nitrogens with two attached hydrogens (primary N) is 1. The van der Waals surface area contributed by atoms with Gasteiger partial charge < -0.3 is 10.7 Å². The molecule has 0 saturated heterocycles. The fourth-order valence-electron chi connectivity index (χ4n) is 2.20. The molecule has 1 unspecified atom stereocenters. The molecule has 2 aromatic heterocycles. The van der Waals surface area contributed by atoms with Crippen molar-refractivity contribution in [2.45, 2.75) is 10.4 Å². The van der Waals surface area contributed by atoms with Crippen molar-refractivity contribution in [2.24, 2.45) is 12.8 Å². The third kappa shape index (κ3) is 2.87. The third-order valence-electron chi connectivity index (χ3n) is 3.41. The molecule has 0 radical (unpaired) electrons. The number of benzene rings is 1. The van der Waals surface area contributed by atoms with Crippen LogP contribution in [0.2, 0.25) is 0 Å². The van der Waals surface area contributed by atoms with Gasteiger partial charge in [-0.05, 0) is 17.7 Å². The largest absolute Gasteiger partial charge is 0.368 e. The van der Waals surface area contributed by atoms with Crippen molar-refractivity contribution in [2.75, 3.05) is 0 Å².